The summed E-state index contributed by atoms with van der Waals surface area (Å²) >= 11 is 1.52. The molecule has 6 heteroatoms. The normalized spacial score (nSPS) is 14.1. The van der Waals surface area contributed by atoms with E-state index in [4.69, 9.17) is 0 Å². The highest BCUT2D eigenvalue weighted by atomic mass is 32.2. The maximum Gasteiger partial charge on any atom is 0.244 e. The van der Waals surface area contributed by atoms with Gasteiger partial charge in [-0.1, -0.05) is 20.8 Å². The van der Waals surface area contributed by atoms with Gasteiger partial charge in [-0.05, 0) is 43.7 Å². The molecule has 0 bridgehead atoms. The Morgan fingerprint density at radius 3 is 2.48 bits per heavy atom. The fraction of sp³-hybridized carbons (Fsp3) is 0.733. The highest BCUT2D eigenvalue weighted by Crippen LogP contribution is 2.30. The van der Waals surface area contributed by atoms with Crippen molar-refractivity contribution in [1.29, 1.82) is 0 Å². The summed E-state index contributed by atoms with van der Waals surface area (Å²) in [6.07, 6.45) is 0.863. The van der Waals surface area contributed by atoms with Crippen LogP contribution in [0.25, 0.3) is 0 Å². The second kappa shape index (κ2) is 7.72. The zero-order valence-electron chi connectivity index (χ0n) is 13.9. The minimum atomic E-state index is -3.43. The lowest BCUT2D eigenvalue weighted by atomic mass is 10.1. The Bertz CT molecular complexity index is 550. The van der Waals surface area contributed by atoms with Gasteiger partial charge in [-0.3, -0.25) is 0 Å². The van der Waals surface area contributed by atoms with Crippen molar-refractivity contribution >= 4 is 21.4 Å². The van der Waals surface area contributed by atoms with Crippen molar-refractivity contribution in [2.75, 3.05) is 13.6 Å². The summed E-state index contributed by atoms with van der Waals surface area (Å²) < 4.78 is 27.4. The highest BCUT2D eigenvalue weighted by molar-refractivity contribution is 7.89. The van der Waals surface area contributed by atoms with Gasteiger partial charge in [-0.25, -0.2) is 8.42 Å². The molecule has 0 aliphatic heterocycles. The summed E-state index contributed by atoms with van der Waals surface area (Å²) in [4.78, 5) is 1.39. The number of nitrogens with zero attached hydrogens (tertiary/aromatic N) is 1. The smallest absolute Gasteiger partial charge is 0.244 e. The number of rotatable bonds is 8. The average Bonchev–Trinajstić information content (AvgIpc) is 2.76. The molecule has 1 rings (SSSR count). The van der Waals surface area contributed by atoms with E-state index in [1.165, 1.54) is 15.6 Å². The molecule has 1 aromatic rings. The van der Waals surface area contributed by atoms with E-state index in [1.54, 1.807) is 7.05 Å². The molecule has 0 fully saturated rings. The van der Waals surface area contributed by atoms with E-state index in [-0.39, 0.29) is 6.04 Å². The summed E-state index contributed by atoms with van der Waals surface area (Å²) in [5, 5.41) is 5.15. The average molecular weight is 333 g/mol. The van der Waals surface area contributed by atoms with E-state index in [2.05, 4.69) is 19.2 Å². The van der Waals surface area contributed by atoms with Crippen molar-refractivity contribution in [3.05, 3.63) is 15.8 Å². The van der Waals surface area contributed by atoms with Gasteiger partial charge in [0.05, 0.1) is 0 Å². The molecule has 1 unspecified atom stereocenters. The first-order chi connectivity index (χ1) is 9.71. The largest absolute Gasteiger partial charge is 0.312 e. The Kier molecular flexibility index (Phi) is 6.84. The molecule has 0 aliphatic carbocycles. The van der Waals surface area contributed by atoms with Gasteiger partial charge < -0.3 is 5.32 Å². The van der Waals surface area contributed by atoms with Crippen LogP contribution in [0.4, 0.5) is 0 Å². The summed E-state index contributed by atoms with van der Waals surface area (Å²) in [5.74, 6) is 0.474. The topological polar surface area (TPSA) is 49.4 Å². The SMILES string of the molecule is CCNCc1scc(C)c1S(=O)(=O)N(C)C(C)CC(C)C. The molecule has 1 heterocycles. The summed E-state index contributed by atoms with van der Waals surface area (Å²) in [6, 6.07) is 0.00119. The summed E-state index contributed by atoms with van der Waals surface area (Å²) in [7, 11) is -1.74. The molecule has 1 aromatic heterocycles. The van der Waals surface area contributed by atoms with Crippen molar-refractivity contribution in [3.8, 4) is 0 Å². The fourth-order valence-electron chi connectivity index (χ4n) is 2.41. The molecule has 0 amide bonds. The van der Waals surface area contributed by atoms with Crippen LogP contribution in [-0.4, -0.2) is 32.4 Å². The lowest BCUT2D eigenvalue weighted by molar-refractivity contribution is 0.337. The molecule has 1 N–H and O–H groups in total. The maximum atomic E-state index is 12.9. The van der Waals surface area contributed by atoms with E-state index in [9.17, 15) is 8.42 Å². The zero-order chi connectivity index (χ0) is 16.2. The zero-order valence-corrected chi connectivity index (χ0v) is 15.6. The molecular formula is C15H28N2O2S2. The van der Waals surface area contributed by atoms with Crippen molar-refractivity contribution < 1.29 is 8.42 Å². The predicted molar refractivity (Wildman–Crippen MR) is 90.3 cm³/mol. The molecule has 0 aliphatic rings. The summed E-state index contributed by atoms with van der Waals surface area (Å²) in [6.45, 7) is 11.5. The third kappa shape index (κ3) is 4.52. The van der Waals surface area contributed by atoms with Crippen LogP contribution in [0.3, 0.4) is 0 Å². The minimum Gasteiger partial charge on any atom is -0.312 e. The number of hydrogen-bond acceptors (Lipinski definition) is 4. The Morgan fingerprint density at radius 2 is 1.95 bits per heavy atom. The van der Waals surface area contributed by atoms with Gasteiger partial charge in [-0.15, -0.1) is 11.3 Å². The molecule has 21 heavy (non-hydrogen) atoms. The molecular weight excluding hydrogens is 304 g/mol. The van der Waals surface area contributed by atoms with Crippen LogP contribution in [0.1, 0.15) is 44.6 Å². The number of sulfonamides is 1. The standard InChI is InChI=1S/C15H28N2O2S2/c1-7-16-9-14-15(12(4)10-20-14)21(18,19)17(6)13(5)8-11(2)3/h10-11,13,16H,7-9H2,1-6H3. The fourth-order valence-corrected chi connectivity index (χ4v) is 5.50. The van der Waals surface area contributed by atoms with E-state index >= 15 is 0 Å². The third-order valence-electron chi connectivity index (χ3n) is 3.60. The van der Waals surface area contributed by atoms with Crippen molar-refractivity contribution in [2.45, 2.75) is 58.5 Å². The van der Waals surface area contributed by atoms with Crippen LogP contribution in [-0.2, 0) is 16.6 Å². The molecule has 0 aromatic carbocycles. The van der Waals surface area contributed by atoms with Crippen molar-refractivity contribution in [1.82, 2.24) is 9.62 Å². The Balaban J connectivity index is 3.09. The minimum absolute atomic E-state index is 0.00119. The van der Waals surface area contributed by atoms with Crippen LogP contribution in [0, 0.1) is 12.8 Å². The van der Waals surface area contributed by atoms with Crippen molar-refractivity contribution in [2.24, 2.45) is 5.92 Å². The monoisotopic (exact) mass is 332 g/mol. The van der Waals surface area contributed by atoms with Crippen molar-refractivity contribution in [3.63, 3.8) is 0 Å². The van der Waals surface area contributed by atoms with Gasteiger partial charge in [-0.2, -0.15) is 4.31 Å². The third-order valence-corrected chi connectivity index (χ3v) is 7.03. The first-order valence-electron chi connectivity index (χ1n) is 7.47. The van der Waals surface area contributed by atoms with Crippen LogP contribution in [0.5, 0.6) is 0 Å². The molecule has 0 saturated carbocycles. The first kappa shape index (κ1) is 18.6. The quantitative estimate of drug-likeness (QED) is 0.795. The molecule has 0 saturated heterocycles. The van der Waals surface area contributed by atoms with E-state index < -0.39 is 10.0 Å². The van der Waals surface area contributed by atoms with E-state index in [0.717, 1.165) is 23.4 Å². The number of aryl methyl sites for hydroxylation is 1. The Hall–Kier alpha value is -0.430. The lowest BCUT2D eigenvalue weighted by Gasteiger charge is -2.26. The second-order valence-corrected chi connectivity index (χ2v) is 8.85. The molecule has 1 atom stereocenters. The second-order valence-electron chi connectivity index (χ2n) is 5.95. The van der Waals surface area contributed by atoms with Gasteiger partial charge in [0.2, 0.25) is 10.0 Å². The molecule has 0 radical (unpaired) electrons. The van der Waals surface area contributed by atoms with Crippen LogP contribution in [0.15, 0.2) is 10.3 Å². The first-order valence-corrected chi connectivity index (χ1v) is 9.79. The number of thiophene rings is 1. The Morgan fingerprint density at radius 1 is 1.33 bits per heavy atom. The van der Waals surface area contributed by atoms with Gasteiger partial charge >= 0.3 is 0 Å². The number of hydrogen-bond donors (Lipinski definition) is 1. The van der Waals surface area contributed by atoms with Gasteiger partial charge in [0.1, 0.15) is 4.90 Å². The van der Waals surface area contributed by atoms with Gasteiger partial charge in [0, 0.05) is 24.5 Å². The van der Waals surface area contributed by atoms with Crippen LogP contribution in [0.2, 0.25) is 0 Å². The Labute approximate surface area is 133 Å². The van der Waals surface area contributed by atoms with Gasteiger partial charge in [0.15, 0.2) is 0 Å². The molecule has 4 nitrogen and oxygen atoms in total. The van der Waals surface area contributed by atoms with E-state index in [0.29, 0.717) is 17.4 Å². The number of nitrogens with one attached hydrogen (secondary N) is 1. The van der Waals surface area contributed by atoms with E-state index in [1.807, 2.05) is 26.2 Å². The lowest BCUT2D eigenvalue weighted by Crippen LogP contribution is -2.36. The highest BCUT2D eigenvalue weighted by Gasteiger charge is 2.30. The predicted octanol–water partition coefficient (Wildman–Crippen LogP) is 3.22. The van der Waals surface area contributed by atoms with Gasteiger partial charge in [0.25, 0.3) is 0 Å². The van der Waals surface area contributed by atoms with Crippen LogP contribution < -0.4 is 5.32 Å². The molecule has 0 spiro atoms. The maximum absolute atomic E-state index is 12.9. The van der Waals surface area contributed by atoms with Crippen LogP contribution >= 0.6 is 11.3 Å². The molecule has 122 valence electrons. The summed E-state index contributed by atoms with van der Waals surface area (Å²) in [5.41, 5.74) is 0.844.